The van der Waals surface area contributed by atoms with E-state index in [1.165, 1.54) is 0 Å². The molecule has 21 heavy (non-hydrogen) atoms. The fourth-order valence-corrected chi connectivity index (χ4v) is 1.59. The van der Waals surface area contributed by atoms with E-state index in [1.807, 2.05) is 13.0 Å². The molecule has 1 aromatic rings. The fraction of sp³-hybridized carbons (Fsp3) is 0.467. The Morgan fingerprint density at radius 1 is 1.52 bits per heavy atom. The summed E-state index contributed by atoms with van der Waals surface area (Å²) in [5, 5.41) is 24.1. The summed E-state index contributed by atoms with van der Waals surface area (Å²) in [4.78, 5) is 11.3. The molecule has 0 bridgehead atoms. The van der Waals surface area contributed by atoms with Crippen molar-refractivity contribution in [3.8, 4) is 11.8 Å². The van der Waals surface area contributed by atoms with Crippen LogP contribution in [0.1, 0.15) is 18.9 Å². The zero-order valence-electron chi connectivity index (χ0n) is 12.1. The maximum Gasteiger partial charge on any atom is 0.233 e. The van der Waals surface area contributed by atoms with Gasteiger partial charge in [-0.2, -0.15) is 5.26 Å². The van der Waals surface area contributed by atoms with Gasteiger partial charge >= 0.3 is 0 Å². The van der Waals surface area contributed by atoms with Gasteiger partial charge in [-0.25, -0.2) is 0 Å². The number of amides is 1. The Bertz CT molecular complexity index is 485. The lowest BCUT2D eigenvalue weighted by Crippen LogP contribution is -2.39. The van der Waals surface area contributed by atoms with Crippen molar-refractivity contribution in [1.82, 2.24) is 10.6 Å². The number of ether oxygens (including phenoxy) is 1. The topological polar surface area (TPSA) is 94.4 Å². The van der Waals surface area contributed by atoms with Crippen molar-refractivity contribution in [1.29, 1.82) is 5.26 Å². The third kappa shape index (κ3) is 7.30. The molecule has 0 saturated carbocycles. The van der Waals surface area contributed by atoms with Crippen LogP contribution in [0.25, 0.3) is 0 Å². The van der Waals surface area contributed by atoms with Crippen molar-refractivity contribution in [2.24, 2.45) is 0 Å². The van der Waals surface area contributed by atoms with Gasteiger partial charge in [-0.15, -0.1) is 0 Å². The zero-order valence-corrected chi connectivity index (χ0v) is 12.1. The van der Waals surface area contributed by atoms with E-state index >= 15 is 0 Å². The summed E-state index contributed by atoms with van der Waals surface area (Å²) in [5.74, 6) is 0.445. The second kappa shape index (κ2) is 9.75. The predicted octanol–water partition coefficient (Wildman–Crippen LogP) is 0.414. The van der Waals surface area contributed by atoms with E-state index in [4.69, 9.17) is 10.00 Å². The van der Waals surface area contributed by atoms with Gasteiger partial charge in [0, 0.05) is 13.1 Å². The van der Waals surface area contributed by atoms with E-state index in [9.17, 15) is 9.90 Å². The molecule has 0 aromatic heterocycles. The van der Waals surface area contributed by atoms with Gasteiger partial charge in [0.15, 0.2) is 0 Å². The van der Waals surface area contributed by atoms with Crippen LogP contribution in [0.5, 0.6) is 5.75 Å². The molecule has 114 valence electrons. The molecule has 3 N–H and O–H groups in total. The molecule has 6 heteroatoms. The van der Waals surface area contributed by atoms with Crippen molar-refractivity contribution >= 4 is 5.91 Å². The SMILES string of the molecule is CCCNC(=O)CNCC(O)COc1cccc(C#N)c1. The smallest absolute Gasteiger partial charge is 0.233 e. The molecule has 1 aromatic carbocycles. The van der Waals surface area contributed by atoms with E-state index in [0.29, 0.717) is 17.9 Å². The van der Waals surface area contributed by atoms with Gasteiger partial charge in [-0.05, 0) is 24.6 Å². The molecule has 0 radical (unpaired) electrons. The van der Waals surface area contributed by atoms with Gasteiger partial charge in [-0.3, -0.25) is 4.79 Å². The van der Waals surface area contributed by atoms with E-state index in [2.05, 4.69) is 10.6 Å². The van der Waals surface area contributed by atoms with Crippen LogP contribution in [0.15, 0.2) is 24.3 Å². The number of aliphatic hydroxyl groups excluding tert-OH is 1. The number of hydrogen-bond acceptors (Lipinski definition) is 5. The van der Waals surface area contributed by atoms with Gasteiger partial charge in [0.2, 0.25) is 5.91 Å². The molecule has 6 nitrogen and oxygen atoms in total. The fourth-order valence-electron chi connectivity index (χ4n) is 1.59. The Hall–Kier alpha value is -2.10. The molecule has 0 fully saturated rings. The van der Waals surface area contributed by atoms with E-state index in [-0.39, 0.29) is 25.6 Å². The number of benzene rings is 1. The highest BCUT2D eigenvalue weighted by molar-refractivity contribution is 5.77. The molecule has 0 aliphatic carbocycles. The zero-order chi connectivity index (χ0) is 15.5. The molecule has 1 rings (SSSR count). The Morgan fingerprint density at radius 2 is 2.33 bits per heavy atom. The Morgan fingerprint density at radius 3 is 3.05 bits per heavy atom. The third-order valence-electron chi connectivity index (χ3n) is 2.64. The minimum atomic E-state index is -0.727. The van der Waals surface area contributed by atoms with E-state index in [1.54, 1.807) is 24.3 Å². The molecule has 0 heterocycles. The van der Waals surface area contributed by atoms with Crippen molar-refractivity contribution in [2.75, 3.05) is 26.2 Å². The summed E-state index contributed by atoms with van der Waals surface area (Å²) in [6.45, 7) is 3.16. The van der Waals surface area contributed by atoms with Crippen LogP contribution in [0.2, 0.25) is 0 Å². The Kier molecular flexibility index (Phi) is 7.87. The van der Waals surface area contributed by atoms with Crippen LogP contribution in [0.3, 0.4) is 0 Å². The van der Waals surface area contributed by atoms with Gasteiger partial charge in [0.1, 0.15) is 18.5 Å². The first-order chi connectivity index (χ1) is 10.2. The molecule has 0 aliphatic heterocycles. The molecule has 1 unspecified atom stereocenters. The summed E-state index contributed by atoms with van der Waals surface area (Å²) in [6, 6.07) is 8.75. The number of aliphatic hydroxyl groups is 1. The van der Waals surface area contributed by atoms with E-state index < -0.39 is 6.10 Å². The van der Waals surface area contributed by atoms with Crippen LogP contribution in [-0.2, 0) is 4.79 Å². The summed E-state index contributed by atoms with van der Waals surface area (Å²) in [7, 11) is 0. The first-order valence-electron chi connectivity index (χ1n) is 6.94. The first kappa shape index (κ1) is 17.0. The first-order valence-corrected chi connectivity index (χ1v) is 6.94. The van der Waals surface area contributed by atoms with Gasteiger partial charge in [-0.1, -0.05) is 13.0 Å². The molecule has 0 aliphatic rings. The minimum Gasteiger partial charge on any atom is -0.491 e. The van der Waals surface area contributed by atoms with E-state index in [0.717, 1.165) is 6.42 Å². The minimum absolute atomic E-state index is 0.0910. The second-order valence-corrected chi connectivity index (χ2v) is 4.59. The van der Waals surface area contributed by atoms with Crippen molar-refractivity contribution in [3.63, 3.8) is 0 Å². The van der Waals surface area contributed by atoms with Gasteiger partial charge < -0.3 is 20.5 Å². The highest BCUT2D eigenvalue weighted by Gasteiger charge is 2.07. The molecule has 0 saturated heterocycles. The lowest BCUT2D eigenvalue weighted by molar-refractivity contribution is -0.120. The average molecular weight is 291 g/mol. The summed E-state index contributed by atoms with van der Waals surface area (Å²) < 4.78 is 5.39. The number of nitriles is 1. The van der Waals surface area contributed by atoms with Crippen LogP contribution >= 0.6 is 0 Å². The number of rotatable bonds is 9. The molecule has 0 spiro atoms. The van der Waals surface area contributed by atoms with Crippen molar-refractivity contribution in [3.05, 3.63) is 29.8 Å². The lowest BCUT2D eigenvalue weighted by Gasteiger charge is -2.13. The van der Waals surface area contributed by atoms with Crippen LogP contribution in [0, 0.1) is 11.3 Å². The third-order valence-corrected chi connectivity index (χ3v) is 2.64. The normalized spacial score (nSPS) is 11.5. The van der Waals surface area contributed by atoms with Crippen LogP contribution < -0.4 is 15.4 Å². The Labute approximate surface area is 124 Å². The summed E-state index contributed by atoms with van der Waals surface area (Å²) in [6.07, 6.45) is 0.166. The second-order valence-electron chi connectivity index (χ2n) is 4.59. The number of nitrogens with zero attached hydrogens (tertiary/aromatic N) is 1. The highest BCUT2D eigenvalue weighted by Crippen LogP contribution is 2.12. The van der Waals surface area contributed by atoms with Crippen LogP contribution in [0.4, 0.5) is 0 Å². The number of nitrogens with one attached hydrogen (secondary N) is 2. The molecule has 1 atom stereocenters. The number of carbonyl (C=O) groups excluding carboxylic acids is 1. The average Bonchev–Trinajstić information content (AvgIpc) is 2.51. The predicted molar refractivity (Wildman–Crippen MR) is 78.8 cm³/mol. The maximum atomic E-state index is 11.3. The summed E-state index contributed by atoms with van der Waals surface area (Å²) in [5.41, 5.74) is 0.507. The summed E-state index contributed by atoms with van der Waals surface area (Å²) >= 11 is 0. The molecular formula is C15H21N3O3. The van der Waals surface area contributed by atoms with Gasteiger partial charge in [0.25, 0.3) is 0 Å². The monoisotopic (exact) mass is 291 g/mol. The number of hydrogen-bond donors (Lipinski definition) is 3. The van der Waals surface area contributed by atoms with Crippen molar-refractivity contribution < 1.29 is 14.6 Å². The van der Waals surface area contributed by atoms with Crippen LogP contribution in [-0.4, -0.2) is 43.4 Å². The Balaban J connectivity index is 2.20. The largest absolute Gasteiger partial charge is 0.491 e. The standard InChI is InChI=1S/C15H21N3O3/c1-2-6-18-15(20)10-17-9-13(19)11-21-14-5-3-4-12(7-14)8-16/h3-5,7,13,17,19H,2,6,9-11H2,1H3,(H,18,20). The quantitative estimate of drug-likeness (QED) is 0.613. The number of carbonyl (C=O) groups is 1. The lowest BCUT2D eigenvalue weighted by atomic mass is 10.2. The van der Waals surface area contributed by atoms with Gasteiger partial charge in [0.05, 0.1) is 18.2 Å². The highest BCUT2D eigenvalue weighted by atomic mass is 16.5. The molecular weight excluding hydrogens is 270 g/mol. The molecule has 1 amide bonds. The van der Waals surface area contributed by atoms with Crippen molar-refractivity contribution in [2.45, 2.75) is 19.4 Å². The maximum absolute atomic E-state index is 11.3.